The molecule has 0 aliphatic rings. The summed E-state index contributed by atoms with van der Waals surface area (Å²) in [5, 5.41) is 6.47. The maximum absolute atomic E-state index is 11.8. The van der Waals surface area contributed by atoms with Gasteiger partial charge in [0.1, 0.15) is 0 Å². The van der Waals surface area contributed by atoms with Gasteiger partial charge in [0, 0.05) is 24.2 Å². The first-order valence-electron chi connectivity index (χ1n) is 7.25. The van der Waals surface area contributed by atoms with E-state index in [1.165, 1.54) is 0 Å². The van der Waals surface area contributed by atoms with Gasteiger partial charge in [-0.2, -0.15) is 5.10 Å². The van der Waals surface area contributed by atoms with Gasteiger partial charge in [-0.15, -0.1) is 0 Å². The first kappa shape index (κ1) is 18.3. The van der Waals surface area contributed by atoms with Gasteiger partial charge < -0.3 is 11.1 Å². The highest BCUT2D eigenvalue weighted by Gasteiger charge is 2.08. The number of amides is 3. The van der Waals surface area contributed by atoms with E-state index < -0.39 is 11.8 Å². The Morgan fingerprint density at radius 1 is 1.09 bits per heavy atom. The van der Waals surface area contributed by atoms with Crippen LogP contribution in [-0.4, -0.2) is 23.4 Å². The van der Waals surface area contributed by atoms with Crippen LogP contribution in [0.25, 0.3) is 0 Å². The topological polar surface area (TPSA) is 114 Å². The lowest BCUT2D eigenvalue weighted by Gasteiger charge is -2.07. The molecule has 0 aliphatic carbocycles. The number of rotatable bonds is 7. The molecule has 7 heteroatoms. The van der Waals surface area contributed by atoms with E-state index in [4.69, 9.17) is 5.73 Å². The van der Waals surface area contributed by atoms with Crippen molar-refractivity contribution in [3.8, 4) is 0 Å². The number of nitrogens with two attached hydrogens (primary N) is 1. The fraction of sp³-hybridized carbons (Fsp3) is 0.375. The largest absolute Gasteiger partial charge is 0.369 e. The number of aryl methyl sites for hydroxylation is 2. The summed E-state index contributed by atoms with van der Waals surface area (Å²) in [5.74, 6) is -1.17. The molecule has 23 heavy (non-hydrogen) atoms. The Bertz CT molecular complexity index is 638. The van der Waals surface area contributed by atoms with Gasteiger partial charge in [0.2, 0.25) is 17.7 Å². The lowest BCUT2D eigenvalue weighted by Crippen LogP contribution is -2.23. The van der Waals surface area contributed by atoms with Crippen molar-refractivity contribution in [3.05, 3.63) is 29.3 Å². The second kappa shape index (κ2) is 8.67. The third kappa shape index (κ3) is 7.21. The number of primary amides is 1. The van der Waals surface area contributed by atoms with Crippen molar-refractivity contribution >= 4 is 29.1 Å². The second-order valence-electron chi connectivity index (χ2n) is 5.37. The average Bonchev–Trinajstić information content (AvgIpc) is 2.46. The Hall–Kier alpha value is -2.70. The van der Waals surface area contributed by atoms with Crippen molar-refractivity contribution in [2.45, 2.75) is 40.0 Å². The predicted octanol–water partition coefficient (Wildman–Crippen LogP) is 1.39. The highest BCUT2D eigenvalue weighted by atomic mass is 16.2. The van der Waals surface area contributed by atoms with Crippen LogP contribution in [0, 0.1) is 13.8 Å². The van der Waals surface area contributed by atoms with E-state index in [1.807, 2.05) is 32.0 Å². The molecule has 0 aromatic heterocycles. The van der Waals surface area contributed by atoms with Crippen molar-refractivity contribution in [1.82, 2.24) is 5.43 Å². The zero-order valence-electron chi connectivity index (χ0n) is 13.6. The summed E-state index contributed by atoms with van der Waals surface area (Å²) < 4.78 is 0. The fourth-order valence-electron chi connectivity index (χ4n) is 1.78. The molecule has 1 rings (SSSR count). The Morgan fingerprint density at radius 2 is 1.74 bits per heavy atom. The SMILES string of the molecule is CC(CC(N)=O)=NNC(=O)CCC(=O)Nc1ccc(C)c(C)c1. The van der Waals surface area contributed by atoms with Crippen LogP contribution in [0.4, 0.5) is 5.69 Å². The van der Waals surface area contributed by atoms with E-state index in [2.05, 4.69) is 15.8 Å². The molecule has 0 fully saturated rings. The van der Waals surface area contributed by atoms with E-state index in [0.717, 1.165) is 11.1 Å². The van der Waals surface area contributed by atoms with Crippen molar-refractivity contribution < 1.29 is 14.4 Å². The monoisotopic (exact) mass is 318 g/mol. The van der Waals surface area contributed by atoms with Gasteiger partial charge in [0.15, 0.2) is 0 Å². The first-order chi connectivity index (χ1) is 10.8. The van der Waals surface area contributed by atoms with E-state index in [-0.39, 0.29) is 25.2 Å². The molecule has 0 aliphatic heterocycles. The standard InChI is InChI=1S/C16H22N4O3/c1-10-4-5-13(8-11(10)2)18-15(22)6-7-16(23)20-19-12(3)9-14(17)21/h4-5,8H,6-7,9H2,1-3H3,(H2,17,21)(H,18,22)(H,20,23). The number of anilines is 1. The smallest absolute Gasteiger partial charge is 0.240 e. The molecular weight excluding hydrogens is 296 g/mol. The molecule has 0 atom stereocenters. The van der Waals surface area contributed by atoms with Gasteiger partial charge in [-0.25, -0.2) is 5.43 Å². The molecule has 0 radical (unpaired) electrons. The normalized spacial score (nSPS) is 11.0. The molecule has 0 heterocycles. The summed E-state index contributed by atoms with van der Waals surface area (Å²) >= 11 is 0. The molecule has 4 N–H and O–H groups in total. The van der Waals surface area contributed by atoms with Crippen molar-refractivity contribution in [3.63, 3.8) is 0 Å². The molecular formula is C16H22N4O3. The lowest BCUT2D eigenvalue weighted by molar-refractivity contribution is -0.124. The maximum Gasteiger partial charge on any atom is 0.240 e. The van der Waals surface area contributed by atoms with Crippen LogP contribution < -0.4 is 16.5 Å². The van der Waals surface area contributed by atoms with Gasteiger partial charge in [0.05, 0.1) is 6.42 Å². The van der Waals surface area contributed by atoms with Crippen molar-refractivity contribution in [1.29, 1.82) is 0 Å². The highest BCUT2D eigenvalue weighted by molar-refractivity contribution is 5.99. The Kier molecular flexibility index (Phi) is 6.92. The molecule has 1 aromatic rings. The summed E-state index contributed by atoms with van der Waals surface area (Å²) in [6.07, 6.45) is 0.0285. The molecule has 0 unspecified atom stereocenters. The van der Waals surface area contributed by atoms with Crippen LogP contribution in [0.5, 0.6) is 0 Å². The van der Waals surface area contributed by atoms with Crippen LogP contribution in [0.2, 0.25) is 0 Å². The molecule has 0 saturated carbocycles. The van der Waals surface area contributed by atoms with Gasteiger partial charge in [-0.1, -0.05) is 6.07 Å². The predicted molar refractivity (Wildman–Crippen MR) is 88.8 cm³/mol. The Labute approximate surface area is 135 Å². The van der Waals surface area contributed by atoms with E-state index >= 15 is 0 Å². The summed E-state index contributed by atoms with van der Waals surface area (Å²) in [6, 6.07) is 5.62. The van der Waals surface area contributed by atoms with Crippen LogP contribution in [0.1, 0.15) is 37.3 Å². The van der Waals surface area contributed by atoms with E-state index in [0.29, 0.717) is 11.4 Å². The van der Waals surface area contributed by atoms with Crippen LogP contribution >= 0.6 is 0 Å². The molecule has 3 amide bonds. The second-order valence-corrected chi connectivity index (χ2v) is 5.37. The summed E-state index contributed by atoms with van der Waals surface area (Å²) in [5.41, 5.74) is 10.6. The van der Waals surface area contributed by atoms with E-state index in [1.54, 1.807) is 6.92 Å². The number of hydrogen-bond donors (Lipinski definition) is 3. The van der Waals surface area contributed by atoms with Crippen molar-refractivity contribution in [2.24, 2.45) is 10.8 Å². The maximum atomic E-state index is 11.8. The lowest BCUT2D eigenvalue weighted by atomic mass is 10.1. The van der Waals surface area contributed by atoms with Crippen LogP contribution in [-0.2, 0) is 14.4 Å². The third-order valence-corrected chi connectivity index (χ3v) is 3.17. The molecule has 0 bridgehead atoms. The molecule has 0 saturated heterocycles. The summed E-state index contributed by atoms with van der Waals surface area (Å²) in [4.78, 5) is 34.0. The van der Waals surface area contributed by atoms with Gasteiger partial charge in [-0.3, -0.25) is 14.4 Å². The fourth-order valence-corrected chi connectivity index (χ4v) is 1.78. The zero-order valence-corrected chi connectivity index (χ0v) is 13.6. The minimum atomic E-state index is -0.520. The zero-order chi connectivity index (χ0) is 17.4. The third-order valence-electron chi connectivity index (χ3n) is 3.17. The number of hydrogen-bond acceptors (Lipinski definition) is 4. The van der Waals surface area contributed by atoms with Gasteiger partial charge in [0.25, 0.3) is 0 Å². The van der Waals surface area contributed by atoms with E-state index in [9.17, 15) is 14.4 Å². The molecule has 124 valence electrons. The Morgan fingerprint density at radius 3 is 2.35 bits per heavy atom. The first-order valence-corrected chi connectivity index (χ1v) is 7.25. The van der Waals surface area contributed by atoms with Crippen LogP contribution in [0.3, 0.4) is 0 Å². The average molecular weight is 318 g/mol. The summed E-state index contributed by atoms with van der Waals surface area (Å²) in [6.45, 7) is 5.54. The highest BCUT2D eigenvalue weighted by Crippen LogP contribution is 2.14. The number of nitrogens with one attached hydrogen (secondary N) is 2. The molecule has 7 nitrogen and oxygen atoms in total. The van der Waals surface area contributed by atoms with Crippen LogP contribution in [0.15, 0.2) is 23.3 Å². The Balaban J connectivity index is 2.39. The van der Waals surface area contributed by atoms with Gasteiger partial charge in [-0.05, 0) is 44.0 Å². The molecule has 1 aromatic carbocycles. The number of hydrazone groups is 1. The number of carbonyl (C=O) groups is 3. The number of benzene rings is 1. The number of carbonyl (C=O) groups excluding carboxylic acids is 3. The van der Waals surface area contributed by atoms with Crippen molar-refractivity contribution in [2.75, 3.05) is 5.32 Å². The summed E-state index contributed by atoms with van der Waals surface area (Å²) in [7, 11) is 0. The molecule has 0 spiro atoms. The quantitative estimate of drug-likeness (QED) is 0.521. The minimum absolute atomic E-state index is 0.00400. The van der Waals surface area contributed by atoms with Gasteiger partial charge >= 0.3 is 0 Å². The minimum Gasteiger partial charge on any atom is -0.369 e. The number of nitrogens with zero attached hydrogens (tertiary/aromatic N) is 1.